The van der Waals surface area contributed by atoms with Crippen molar-refractivity contribution in [3.05, 3.63) is 54.3 Å². The molecule has 1 aromatic carbocycles. The molecule has 0 saturated heterocycles. The van der Waals surface area contributed by atoms with Crippen LogP contribution in [0.25, 0.3) is 5.69 Å². The minimum atomic E-state index is -1.00. The van der Waals surface area contributed by atoms with E-state index in [0.717, 1.165) is 21.3 Å². The third-order valence-corrected chi connectivity index (χ3v) is 4.90. The maximum Gasteiger partial charge on any atom is 0.338 e. The van der Waals surface area contributed by atoms with Crippen molar-refractivity contribution in [2.75, 3.05) is 6.61 Å². The minimum absolute atomic E-state index is 0.0631. The molecule has 0 aliphatic carbocycles. The molecule has 1 atom stereocenters. The first-order valence-electron chi connectivity index (χ1n) is 8.37. The number of hydrogen-bond donors (Lipinski definition) is 1. The van der Waals surface area contributed by atoms with Gasteiger partial charge >= 0.3 is 17.3 Å². The fourth-order valence-corrected chi connectivity index (χ4v) is 2.85. The van der Waals surface area contributed by atoms with Crippen LogP contribution < -0.4 is 16.7 Å². The van der Waals surface area contributed by atoms with Crippen LogP contribution in [0.5, 0.6) is 0 Å². The number of hydrogen-bond acceptors (Lipinski definition) is 6. The third-order valence-electron chi connectivity index (χ3n) is 4.04. The lowest BCUT2D eigenvalue weighted by Gasteiger charge is -2.15. The Labute approximate surface area is 174 Å². The van der Waals surface area contributed by atoms with Crippen LogP contribution in [0.4, 0.5) is 4.39 Å². The SMILES string of the molecule is CCOC(=O)[C@H](C)NC(=O)c1cc(-n2c(=O)n(C)c(=S)n(C)c2=O)c(F)cc1Cl. The number of carbonyl (C=O) groups excluding carboxylic acids is 2. The van der Waals surface area contributed by atoms with Gasteiger partial charge in [0, 0.05) is 14.1 Å². The zero-order chi connectivity index (χ0) is 22.0. The van der Waals surface area contributed by atoms with Crippen LogP contribution in [0.3, 0.4) is 0 Å². The van der Waals surface area contributed by atoms with Crippen LogP contribution in [0.15, 0.2) is 21.7 Å². The summed E-state index contributed by atoms with van der Waals surface area (Å²) in [6.07, 6.45) is 0. The van der Waals surface area contributed by atoms with Crippen LogP contribution in [0.1, 0.15) is 24.2 Å². The van der Waals surface area contributed by atoms with E-state index in [1.165, 1.54) is 21.0 Å². The van der Waals surface area contributed by atoms with Gasteiger partial charge in [0.1, 0.15) is 11.9 Å². The standard InChI is InChI=1S/C17H18ClFN4O5S/c1-5-28-14(25)8(2)20-13(24)9-6-12(11(19)7-10(9)18)23-15(26)21(3)17(29)22(4)16(23)27/h6-8H,5H2,1-4H3,(H,20,24)/t8-/m0/s1. The summed E-state index contributed by atoms with van der Waals surface area (Å²) < 4.78 is 21.8. The van der Waals surface area contributed by atoms with Gasteiger partial charge in [0.05, 0.1) is 22.9 Å². The van der Waals surface area contributed by atoms with Gasteiger partial charge in [-0.1, -0.05) is 11.6 Å². The number of nitrogens with one attached hydrogen (secondary N) is 1. The van der Waals surface area contributed by atoms with Gasteiger partial charge in [-0.3, -0.25) is 13.9 Å². The Hall–Kier alpha value is -2.79. The van der Waals surface area contributed by atoms with Crippen LogP contribution in [0, 0.1) is 10.6 Å². The lowest BCUT2D eigenvalue weighted by molar-refractivity contribution is -0.144. The molecule has 2 aromatic rings. The molecular formula is C17H18ClFN4O5S. The highest BCUT2D eigenvalue weighted by molar-refractivity contribution is 7.71. The molecule has 1 N–H and O–H groups in total. The average molecular weight is 445 g/mol. The Kier molecular flexibility index (Phi) is 6.75. The normalized spacial score (nSPS) is 11.8. The predicted molar refractivity (Wildman–Crippen MR) is 106 cm³/mol. The van der Waals surface area contributed by atoms with E-state index in [1.807, 2.05) is 0 Å². The van der Waals surface area contributed by atoms with Crippen molar-refractivity contribution in [3.63, 3.8) is 0 Å². The molecule has 1 aromatic heterocycles. The van der Waals surface area contributed by atoms with Gasteiger partial charge in [-0.2, -0.15) is 0 Å². The highest BCUT2D eigenvalue weighted by Gasteiger charge is 2.23. The average Bonchev–Trinajstić information content (AvgIpc) is 2.66. The molecule has 0 bridgehead atoms. The molecule has 12 heteroatoms. The van der Waals surface area contributed by atoms with Crippen LogP contribution in [0.2, 0.25) is 5.02 Å². The number of aromatic nitrogens is 3. The molecule has 29 heavy (non-hydrogen) atoms. The zero-order valence-corrected chi connectivity index (χ0v) is 17.6. The van der Waals surface area contributed by atoms with Crippen molar-refractivity contribution in [2.45, 2.75) is 19.9 Å². The summed E-state index contributed by atoms with van der Waals surface area (Å²) >= 11 is 10.9. The highest BCUT2D eigenvalue weighted by atomic mass is 35.5. The Morgan fingerprint density at radius 2 is 1.79 bits per heavy atom. The second kappa shape index (κ2) is 8.70. The number of nitrogens with zero attached hydrogens (tertiary/aromatic N) is 3. The van der Waals surface area contributed by atoms with Gasteiger partial charge in [0.2, 0.25) is 0 Å². The van der Waals surface area contributed by atoms with Crippen molar-refractivity contribution in [2.24, 2.45) is 14.1 Å². The number of esters is 1. The van der Waals surface area contributed by atoms with E-state index in [-0.39, 0.29) is 22.0 Å². The molecule has 0 radical (unpaired) electrons. The first-order chi connectivity index (χ1) is 13.5. The molecule has 9 nitrogen and oxygen atoms in total. The van der Waals surface area contributed by atoms with Crippen molar-refractivity contribution in [3.8, 4) is 5.69 Å². The second-order valence-electron chi connectivity index (χ2n) is 6.03. The van der Waals surface area contributed by atoms with Gasteiger partial charge in [0.25, 0.3) is 5.91 Å². The third kappa shape index (κ3) is 4.30. The summed E-state index contributed by atoms with van der Waals surface area (Å²) in [7, 11) is 2.64. The fourth-order valence-electron chi connectivity index (χ4n) is 2.46. The van der Waals surface area contributed by atoms with Crippen LogP contribution in [-0.2, 0) is 23.6 Å². The molecule has 1 heterocycles. The molecule has 2 rings (SSSR count). The number of ether oxygens (including phenoxy) is 1. The van der Waals surface area contributed by atoms with E-state index < -0.39 is 40.8 Å². The number of halogens is 2. The number of amides is 1. The summed E-state index contributed by atoms with van der Waals surface area (Å²) in [6, 6.07) is 0.755. The molecule has 0 saturated carbocycles. The summed E-state index contributed by atoms with van der Waals surface area (Å²) in [6.45, 7) is 3.14. The van der Waals surface area contributed by atoms with Crippen LogP contribution >= 0.6 is 23.8 Å². The van der Waals surface area contributed by atoms with E-state index >= 15 is 0 Å². The van der Waals surface area contributed by atoms with Crippen molar-refractivity contribution >= 4 is 35.7 Å². The first kappa shape index (κ1) is 22.5. The molecular weight excluding hydrogens is 427 g/mol. The maximum atomic E-state index is 14.6. The molecule has 0 spiro atoms. The van der Waals surface area contributed by atoms with Gasteiger partial charge in [-0.05, 0) is 38.2 Å². The van der Waals surface area contributed by atoms with Crippen molar-refractivity contribution in [1.82, 2.24) is 19.0 Å². The van der Waals surface area contributed by atoms with Gasteiger partial charge < -0.3 is 10.1 Å². The summed E-state index contributed by atoms with van der Waals surface area (Å²) in [5.41, 5.74) is -2.52. The van der Waals surface area contributed by atoms with E-state index in [4.69, 9.17) is 28.6 Å². The molecule has 0 aliphatic heterocycles. The largest absolute Gasteiger partial charge is 0.464 e. The second-order valence-corrected chi connectivity index (χ2v) is 6.80. The van der Waals surface area contributed by atoms with E-state index in [9.17, 15) is 23.6 Å². The summed E-state index contributed by atoms with van der Waals surface area (Å²) in [5, 5.41) is 2.10. The maximum absolute atomic E-state index is 14.6. The Morgan fingerprint density at radius 3 is 2.31 bits per heavy atom. The lowest BCUT2D eigenvalue weighted by Crippen LogP contribution is -2.44. The summed E-state index contributed by atoms with van der Waals surface area (Å²) in [4.78, 5) is 49.2. The lowest BCUT2D eigenvalue weighted by atomic mass is 10.1. The number of benzene rings is 1. The fraction of sp³-hybridized carbons (Fsp3) is 0.353. The molecule has 0 unspecified atom stereocenters. The Bertz CT molecular complexity index is 1130. The minimum Gasteiger partial charge on any atom is -0.464 e. The van der Waals surface area contributed by atoms with Crippen LogP contribution in [-0.4, -0.2) is 38.2 Å². The smallest absolute Gasteiger partial charge is 0.338 e. The van der Waals surface area contributed by atoms with Crippen molar-refractivity contribution < 1.29 is 18.7 Å². The number of carbonyl (C=O) groups is 2. The molecule has 0 aliphatic rings. The summed E-state index contributed by atoms with van der Waals surface area (Å²) in [5.74, 6) is -2.48. The van der Waals surface area contributed by atoms with E-state index in [1.54, 1.807) is 6.92 Å². The molecule has 1 amide bonds. The predicted octanol–water partition coefficient (Wildman–Crippen LogP) is 1.08. The molecule has 156 valence electrons. The Balaban J connectivity index is 2.61. The van der Waals surface area contributed by atoms with Crippen molar-refractivity contribution in [1.29, 1.82) is 0 Å². The highest BCUT2D eigenvalue weighted by Crippen LogP contribution is 2.22. The monoisotopic (exact) mass is 444 g/mol. The van der Waals surface area contributed by atoms with Gasteiger partial charge in [0.15, 0.2) is 4.77 Å². The topological polar surface area (TPSA) is 104 Å². The van der Waals surface area contributed by atoms with Gasteiger partial charge in [-0.15, -0.1) is 0 Å². The first-order valence-corrected chi connectivity index (χ1v) is 9.15. The van der Waals surface area contributed by atoms with Gasteiger partial charge in [-0.25, -0.2) is 23.3 Å². The molecule has 0 fully saturated rings. The zero-order valence-electron chi connectivity index (χ0n) is 16.0. The Morgan fingerprint density at radius 1 is 1.24 bits per heavy atom. The van der Waals surface area contributed by atoms with E-state index in [0.29, 0.717) is 4.57 Å². The van der Waals surface area contributed by atoms with E-state index in [2.05, 4.69) is 5.32 Å². The number of rotatable bonds is 5. The quantitative estimate of drug-likeness (QED) is 0.546.